The summed E-state index contributed by atoms with van der Waals surface area (Å²) in [5.41, 5.74) is 0.904. The molecule has 2 N–H and O–H groups in total. The molecule has 0 spiro atoms. The van der Waals surface area contributed by atoms with Gasteiger partial charge in [0, 0.05) is 0 Å². The fourth-order valence-electron chi connectivity index (χ4n) is 1.08. The zero-order chi connectivity index (χ0) is 11.4. The number of nitrogens with one attached hydrogen (secondary N) is 2. The van der Waals surface area contributed by atoms with Crippen LogP contribution in [-0.4, -0.2) is 24.6 Å². The summed E-state index contributed by atoms with van der Waals surface area (Å²) in [6.45, 7) is 0. The van der Waals surface area contributed by atoms with Crippen molar-refractivity contribution in [1.82, 2.24) is 4.98 Å². The van der Waals surface area contributed by atoms with E-state index in [1.165, 1.54) is 0 Å². The van der Waals surface area contributed by atoms with Crippen LogP contribution in [0.4, 0.5) is 10.4 Å². The molecule has 0 aliphatic heterocycles. The fraction of sp³-hybridized carbons (Fsp3) is 0. The fourth-order valence-corrected chi connectivity index (χ4v) is 2.68. The number of hydrogen-bond acceptors (Lipinski definition) is 2. The van der Waals surface area contributed by atoms with Gasteiger partial charge in [-0.2, -0.15) is 0 Å². The van der Waals surface area contributed by atoms with Crippen LogP contribution in [-0.2, 0) is 0 Å². The molecule has 6 heteroatoms. The summed E-state index contributed by atoms with van der Waals surface area (Å²) in [6, 6.07) is 7.36. The Hall–Kier alpha value is -0.871. The zero-order valence-electron chi connectivity index (χ0n) is 8.11. The third-order valence-corrected chi connectivity index (χ3v) is 3.66. The molecule has 82 valence electrons. The summed E-state index contributed by atoms with van der Waals surface area (Å²) in [5.74, 6) is 0. The van der Waals surface area contributed by atoms with E-state index in [-0.39, 0.29) is 14.5 Å². The van der Waals surface area contributed by atoms with Crippen LogP contribution in [0.15, 0.2) is 35.4 Å². The number of hydrogen-bond donors (Lipinski definition) is 2. The van der Waals surface area contributed by atoms with E-state index in [9.17, 15) is 0 Å². The van der Waals surface area contributed by atoms with Crippen LogP contribution in [0, 0.1) is 0 Å². The Morgan fingerprint density at radius 1 is 1.25 bits per heavy atom. The van der Waals surface area contributed by atoms with Crippen LogP contribution in [0.25, 0.3) is 0 Å². The number of thiocarbonyl (C=S) groups is 1. The third kappa shape index (κ3) is 3.32. The summed E-state index contributed by atoms with van der Waals surface area (Å²) < 4.78 is 0.916. The summed E-state index contributed by atoms with van der Waals surface area (Å²) in [5, 5.41) is 7.36. The van der Waals surface area contributed by atoms with Gasteiger partial charge in [0.25, 0.3) is 0 Å². The summed E-state index contributed by atoms with van der Waals surface area (Å²) in [7, 11) is 0. The van der Waals surface area contributed by atoms with Gasteiger partial charge in [-0.05, 0) is 0 Å². The number of anilines is 2. The van der Waals surface area contributed by atoms with Crippen LogP contribution in [0.3, 0.4) is 0 Å². The quantitative estimate of drug-likeness (QED) is 0.660. The van der Waals surface area contributed by atoms with Crippen molar-refractivity contribution >= 4 is 53.8 Å². The van der Waals surface area contributed by atoms with Crippen molar-refractivity contribution in [1.29, 1.82) is 0 Å². The molecule has 0 fully saturated rings. The average molecular weight is 317 g/mol. The second kappa shape index (κ2) is 5.46. The predicted octanol–water partition coefficient (Wildman–Crippen LogP) is 2.60. The van der Waals surface area contributed by atoms with Gasteiger partial charge in [-0.3, -0.25) is 0 Å². The number of nitrogens with zero attached hydrogens (tertiary/aromatic N) is 1. The van der Waals surface area contributed by atoms with Crippen molar-refractivity contribution in [2.75, 3.05) is 10.6 Å². The second-order valence-corrected chi connectivity index (χ2v) is 5.64. The van der Waals surface area contributed by atoms with E-state index in [4.69, 9.17) is 23.8 Å². The molecule has 16 heavy (non-hydrogen) atoms. The Labute approximate surface area is 110 Å². The molecule has 2 rings (SSSR count). The zero-order valence-corrected chi connectivity index (χ0v) is 11.4. The van der Waals surface area contributed by atoms with Crippen LogP contribution in [0.5, 0.6) is 0 Å². The molecular formula is C10H8ClN3SSe. The molecular weight excluding hydrogens is 309 g/mol. The number of benzene rings is 1. The monoisotopic (exact) mass is 317 g/mol. The minimum atomic E-state index is 0.270. The molecule has 2 aromatic rings. The Morgan fingerprint density at radius 2 is 2.00 bits per heavy atom. The van der Waals surface area contributed by atoms with Crippen molar-refractivity contribution in [3.05, 3.63) is 40.4 Å². The number of halogens is 1. The molecule has 1 heterocycles. The van der Waals surface area contributed by atoms with Crippen LogP contribution < -0.4 is 10.6 Å². The number of aromatic nitrogens is 1. The maximum atomic E-state index is 5.78. The van der Waals surface area contributed by atoms with E-state index in [2.05, 4.69) is 15.6 Å². The molecule has 0 radical (unpaired) electrons. The molecule has 0 saturated carbocycles. The van der Waals surface area contributed by atoms with Crippen LogP contribution in [0.1, 0.15) is 0 Å². The van der Waals surface area contributed by atoms with Crippen molar-refractivity contribution in [3.63, 3.8) is 0 Å². The molecule has 0 unspecified atom stereocenters. The van der Waals surface area contributed by atoms with Gasteiger partial charge in [0.15, 0.2) is 0 Å². The van der Waals surface area contributed by atoms with E-state index >= 15 is 0 Å². The molecule has 1 aromatic carbocycles. The van der Waals surface area contributed by atoms with Crippen molar-refractivity contribution in [3.8, 4) is 0 Å². The van der Waals surface area contributed by atoms with E-state index in [1.54, 1.807) is 6.20 Å². The summed E-state index contributed by atoms with van der Waals surface area (Å²) in [4.78, 5) is 6.16. The Bertz CT molecular complexity index is 469. The van der Waals surface area contributed by atoms with Crippen molar-refractivity contribution in [2.24, 2.45) is 0 Å². The van der Waals surface area contributed by atoms with Gasteiger partial charge in [0.2, 0.25) is 0 Å². The molecule has 0 aliphatic rings. The van der Waals surface area contributed by atoms with E-state index in [0.29, 0.717) is 10.1 Å². The van der Waals surface area contributed by atoms with Gasteiger partial charge in [-0.25, -0.2) is 0 Å². The Morgan fingerprint density at radius 3 is 2.62 bits per heavy atom. The normalized spacial score (nSPS) is 9.81. The van der Waals surface area contributed by atoms with Gasteiger partial charge in [-0.15, -0.1) is 0 Å². The third-order valence-electron chi connectivity index (χ3n) is 1.75. The molecule has 1 aromatic heterocycles. The van der Waals surface area contributed by atoms with Crippen LogP contribution >= 0.6 is 23.8 Å². The van der Waals surface area contributed by atoms with Crippen molar-refractivity contribution in [2.45, 2.75) is 0 Å². The van der Waals surface area contributed by atoms with Gasteiger partial charge in [-0.1, -0.05) is 0 Å². The van der Waals surface area contributed by atoms with Gasteiger partial charge >= 0.3 is 110 Å². The summed E-state index contributed by atoms with van der Waals surface area (Å²) in [6.07, 6.45) is 1.78. The predicted molar refractivity (Wildman–Crippen MR) is 72.5 cm³/mol. The first-order valence-electron chi connectivity index (χ1n) is 4.47. The second-order valence-electron chi connectivity index (χ2n) is 2.92. The average Bonchev–Trinajstić information content (AvgIpc) is 2.74. The first-order chi connectivity index (χ1) is 7.74. The molecule has 3 nitrogen and oxygen atoms in total. The van der Waals surface area contributed by atoms with Gasteiger partial charge < -0.3 is 0 Å². The standard InChI is InChI=1S/C10H8ClN3SSe/c11-7-1-3-8(4-2-7)13-9(15)14-10-12-5-6-16-10/h1-6H,(H2,12,13,14,15). The molecule has 0 aliphatic carbocycles. The molecule has 0 saturated heterocycles. The molecule has 0 atom stereocenters. The van der Waals surface area contributed by atoms with Crippen molar-refractivity contribution < 1.29 is 0 Å². The molecule has 0 bridgehead atoms. The SMILES string of the molecule is S=C(Nc1ccc(Cl)cc1)Nc1ncc[se]1. The maximum absolute atomic E-state index is 5.78. The van der Waals surface area contributed by atoms with E-state index < -0.39 is 0 Å². The van der Waals surface area contributed by atoms with E-state index in [1.807, 2.05) is 29.2 Å². The Balaban J connectivity index is 1.95. The Kier molecular flexibility index (Phi) is 3.96. The minimum absolute atomic E-state index is 0.270. The van der Waals surface area contributed by atoms with Gasteiger partial charge in [0.05, 0.1) is 0 Å². The van der Waals surface area contributed by atoms with E-state index in [0.717, 1.165) is 10.4 Å². The van der Waals surface area contributed by atoms with Crippen LogP contribution in [0.2, 0.25) is 5.02 Å². The molecule has 0 amide bonds. The summed E-state index contributed by atoms with van der Waals surface area (Å²) >= 11 is 11.2. The van der Waals surface area contributed by atoms with Gasteiger partial charge in [0.1, 0.15) is 0 Å². The first kappa shape index (κ1) is 11.6. The number of rotatable bonds is 2. The first-order valence-corrected chi connectivity index (χ1v) is 7.10. The topological polar surface area (TPSA) is 37.0 Å².